The van der Waals surface area contributed by atoms with E-state index in [2.05, 4.69) is 33.0 Å². The van der Waals surface area contributed by atoms with Crippen LogP contribution in [0.4, 0.5) is 0 Å². The van der Waals surface area contributed by atoms with Crippen LogP contribution in [0.3, 0.4) is 0 Å². The Bertz CT molecular complexity index is 283. The fourth-order valence-electron chi connectivity index (χ4n) is 3.22. The van der Waals surface area contributed by atoms with Gasteiger partial charge in [-0.05, 0) is 58.9 Å². The molecule has 1 aliphatic heterocycles. The lowest BCUT2D eigenvalue weighted by Gasteiger charge is -2.35. The molecule has 1 N–H and O–H groups in total. The molecular weight excluding hydrogens is 238 g/mol. The van der Waals surface area contributed by atoms with Crippen molar-refractivity contribution in [1.29, 1.82) is 0 Å². The zero-order valence-corrected chi connectivity index (χ0v) is 13.1. The molecule has 112 valence electrons. The third kappa shape index (κ3) is 4.17. The molecule has 0 aromatic carbocycles. The first-order valence-electron chi connectivity index (χ1n) is 7.93. The van der Waals surface area contributed by atoms with Crippen LogP contribution < -0.4 is 5.32 Å². The molecule has 2 aliphatic rings. The number of nitrogens with one attached hydrogen (secondary N) is 1. The van der Waals surface area contributed by atoms with Crippen LogP contribution in [-0.4, -0.2) is 38.0 Å². The summed E-state index contributed by atoms with van der Waals surface area (Å²) in [6.07, 6.45) is 5.50. The van der Waals surface area contributed by atoms with Gasteiger partial charge in [-0.25, -0.2) is 0 Å². The maximum Gasteiger partial charge on any atom is 0.0673 e. The van der Waals surface area contributed by atoms with E-state index in [0.29, 0.717) is 11.5 Å². The summed E-state index contributed by atoms with van der Waals surface area (Å²) in [7, 11) is 0. The summed E-state index contributed by atoms with van der Waals surface area (Å²) >= 11 is 0. The van der Waals surface area contributed by atoms with Crippen LogP contribution in [0.15, 0.2) is 0 Å². The molecule has 3 nitrogen and oxygen atoms in total. The maximum absolute atomic E-state index is 6.08. The lowest BCUT2D eigenvalue weighted by molar-refractivity contribution is -0.0365. The maximum atomic E-state index is 6.08. The van der Waals surface area contributed by atoms with E-state index in [4.69, 9.17) is 9.47 Å². The highest BCUT2D eigenvalue weighted by Gasteiger charge is 2.50. The highest BCUT2D eigenvalue weighted by Crippen LogP contribution is 2.49. The van der Waals surface area contributed by atoms with Crippen LogP contribution in [0.1, 0.15) is 53.4 Å². The molecule has 0 bridgehead atoms. The van der Waals surface area contributed by atoms with Gasteiger partial charge >= 0.3 is 0 Å². The quantitative estimate of drug-likeness (QED) is 0.771. The Morgan fingerprint density at radius 2 is 2.05 bits per heavy atom. The second kappa shape index (κ2) is 6.11. The standard InChI is InChI=1S/C16H31NO2/c1-5-17-12-16(9-11-19-15(2,3)4)8-10-18-14(16)13-6-7-13/h13-14,17H,5-12H2,1-4H3. The Hall–Kier alpha value is -0.120. The van der Waals surface area contributed by atoms with Crippen molar-refractivity contribution in [2.45, 2.75) is 65.1 Å². The minimum atomic E-state index is -0.0338. The lowest BCUT2D eigenvalue weighted by Crippen LogP contribution is -2.43. The van der Waals surface area contributed by atoms with Gasteiger partial charge in [0.1, 0.15) is 0 Å². The van der Waals surface area contributed by atoms with Gasteiger partial charge < -0.3 is 14.8 Å². The van der Waals surface area contributed by atoms with Crippen LogP contribution in [0.25, 0.3) is 0 Å². The van der Waals surface area contributed by atoms with E-state index >= 15 is 0 Å². The molecule has 0 aromatic heterocycles. The molecule has 0 aromatic rings. The van der Waals surface area contributed by atoms with Gasteiger partial charge in [0.05, 0.1) is 11.7 Å². The minimum absolute atomic E-state index is 0.0338. The van der Waals surface area contributed by atoms with Gasteiger partial charge in [0.2, 0.25) is 0 Å². The minimum Gasteiger partial charge on any atom is -0.377 e. The third-order valence-corrected chi connectivity index (χ3v) is 4.41. The molecule has 2 atom stereocenters. The average molecular weight is 269 g/mol. The Balaban J connectivity index is 1.93. The van der Waals surface area contributed by atoms with Gasteiger partial charge in [-0.1, -0.05) is 6.92 Å². The zero-order chi connectivity index (χ0) is 13.9. The summed E-state index contributed by atoms with van der Waals surface area (Å²) < 4.78 is 12.0. The van der Waals surface area contributed by atoms with E-state index in [9.17, 15) is 0 Å². The Morgan fingerprint density at radius 1 is 1.32 bits per heavy atom. The van der Waals surface area contributed by atoms with Gasteiger partial charge in [0, 0.05) is 25.2 Å². The fourth-order valence-corrected chi connectivity index (χ4v) is 3.22. The van der Waals surface area contributed by atoms with Crippen molar-refractivity contribution >= 4 is 0 Å². The first-order chi connectivity index (χ1) is 8.97. The average Bonchev–Trinajstić information content (AvgIpc) is 3.08. The van der Waals surface area contributed by atoms with Crippen LogP contribution in [0, 0.1) is 11.3 Å². The van der Waals surface area contributed by atoms with Crippen molar-refractivity contribution < 1.29 is 9.47 Å². The van der Waals surface area contributed by atoms with Gasteiger partial charge in [-0.3, -0.25) is 0 Å². The van der Waals surface area contributed by atoms with Gasteiger partial charge in [0.25, 0.3) is 0 Å². The van der Waals surface area contributed by atoms with Crippen LogP contribution >= 0.6 is 0 Å². The van der Waals surface area contributed by atoms with Crippen molar-refractivity contribution in [2.24, 2.45) is 11.3 Å². The van der Waals surface area contributed by atoms with E-state index in [0.717, 1.165) is 38.6 Å². The molecule has 2 rings (SSSR count). The molecule has 1 saturated heterocycles. The summed E-state index contributed by atoms with van der Waals surface area (Å²) in [5, 5.41) is 3.56. The number of ether oxygens (including phenoxy) is 2. The Morgan fingerprint density at radius 3 is 2.63 bits per heavy atom. The summed E-state index contributed by atoms with van der Waals surface area (Å²) in [6.45, 7) is 12.5. The predicted octanol–water partition coefficient (Wildman–Crippen LogP) is 2.99. The Kier molecular flexibility index (Phi) is 4.91. The molecule has 0 radical (unpaired) electrons. The van der Waals surface area contributed by atoms with Crippen LogP contribution in [0.5, 0.6) is 0 Å². The van der Waals surface area contributed by atoms with Gasteiger partial charge in [0.15, 0.2) is 0 Å². The normalized spacial score (nSPS) is 31.9. The SMILES string of the molecule is CCNCC1(CCOC(C)(C)C)CCOC1C1CC1. The van der Waals surface area contributed by atoms with Crippen molar-refractivity contribution in [3.63, 3.8) is 0 Å². The molecular formula is C16H31NO2. The molecule has 2 fully saturated rings. The van der Waals surface area contributed by atoms with Crippen molar-refractivity contribution in [3.05, 3.63) is 0 Å². The first kappa shape index (κ1) is 15.3. The highest BCUT2D eigenvalue weighted by atomic mass is 16.5. The molecule has 1 heterocycles. The summed E-state index contributed by atoms with van der Waals surface area (Å²) in [6, 6.07) is 0. The lowest BCUT2D eigenvalue weighted by atomic mass is 9.76. The van der Waals surface area contributed by atoms with E-state index in [1.807, 2.05) is 0 Å². The molecule has 0 spiro atoms. The van der Waals surface area contributed by atoms with Gasteiger partial charge in [-0.15, -0.1) is 0 Å². The molecule has 0 amide bonds. The molecule has 3 heteroatoms. The predicted molar refractivity (Wildman–Crippen MR) is 78.4 cm³/mol. The van der Waals surface area contributed by atoms with E-state index in [-0.39, 0.29) is 5.60 Å². The number of hydrogen-bond acceptors (Lipinski definition) is 3. The van der Waals surface area contributed by atoms with Crippen LogP contribution in [-0.2, 0) is 9.47 Å². The summed E-state index contributed by atoms with van der Waals surface area (Å²) in [5.41, 5.74) is 0.274. The van der Waals surface area contributed by atoms with E-state index < -0.39 is 0 Å². The van der Waals surface area contributed by atoms with Crippen molar-refractivity contribution in [3.8, 4) is 0 Å². The second-order valence-electron chi connectivity index (χ2n) is 7.23. The smallest absolute Gasteiger partial charge is 0.0673 e. The summed E-state index contributed by atoms with van der Waals surface area (Å²) in [4.78, 5) is 0. The monoisotopic (exact) mass is 269 g/mol. The molecule has 2 unspecified atom stereocenters. The largest absolute Gasteiger partial charge is 0.377 e. The van der Waals surface area contributed by atoms with Crippen molar-refractivity contribution in [2.75, 3.05) is 26.3 Å². The molecule has 1 aliphatic carbocycles. The number of hydrogen-bond donors (Lipinski definition) is 1. The summed E-state index contributed by atoms with van der Waals surface area (Å²) in [5.74, 6) is 0.816. The molecule has 19 heavy (non-hydrogen) atoms. The van der Waals surface area contributed by atoms with Crippen LogP contribution in [0.2, 0.25) is 0 Å². The van der Waals surface area contributed by atoms with Crippen molar-refractivity contribution in [1.82, 2.24) is 5.32 Å². The topological polar surface area (TPSA) is 30.5 Å². The zero-order valence-electron chi connectivity index (χ0n) is 13.1. The second-order valence-corrected chi connectivity index (χ2v) is 7.23. The highest BCUT2D eigenvalue weighted by molar-refractivity contribution is 5.00. The number of rotatable bonds is 7. The fraction of sp³-hybridized carbons (Fsp3) is 1.00. The van der Waals surface area contributed by atoms with E-state index in [1.165, 1.54) is 19.3 Å². The third-order valence-electron chi connectivity index (χ3n) is 4.41. The van der Waals surface area contributed by atoms with Gasteiger partial charge in [-0.2, -0.15) is 0 Å². The first-order valence-corrected chi connectivity index (χ1v) is 7.93. The van der Waals surface area contributed by atoms with E-state index in [1.54, 1.807) is 0 Å². The Labute approximate surface area is 118 Å². The molecule has 1 saturated carbocycles.